The van der Waals surface area contributed by atoms with Gasteiger partial charge in [0.1, 0.15) is 0 Å². The molecule has 0 unspecified atom stereocenters. The second kappa shape index (κ2) is 7.90. The second-order valence-corrected chi connectivity index (χ2v) is 8.14. The van der Waals surface area contributed by atoms with Crippen LogP contribution >= 0.6 is 0 Å². The first-order valence-electron chi connectivity index (χ1n) is 9.09. The fourth-order valence-electron chi connectivity index (χ4n) is 2.68. The first-order valence-corrected chi connectivity index (χ1v) is 9.09. The predicted octanol–water partition coefficient (Wildman–Crippen LogP) is 1.83. The molecule has 0 spiro atoms. The first-order chi connectivity index (χ1) is 12.5. The van der Waals surface area contributed by atoms with Gasteiger partial charge in [-0.05, 0) is 24.1 Å². The summed E-state index contributed by atoms with van der Waals surface area (Å²) in [6.07, 6.45) is 0. The quantitative estimate of drug-likeness (QED) is 0.587. The summed E-state index contributed by atoms with van der Waals surface area (Å²) in [4.78, 5) is 50.1. The highest BCUT2D eigenvalue weighted by atomic mass is 16.2. The molecule has 1 aromatic carbocycles. The Morgan fingerprint density at radius 1 is 1.00 bits per heavy atom. The average molecular weight is 373 g/mol. The van der Waals surface area contributed by atoms with Gasteiger partial charge >= 0.3 is 0 Å². The van der Waals surface area contributed by atoms with Crippen LogP contribution in [0.5, 0.6) is 0 Å². The number of nitrogens with one attached hydrogen (secondary N) is 2. The molecular weight excluding hydrogens is 346 g/mol. The largest absolute Gasteiger partial charge is 0.354 e. The monoisotopic (exact) mass is 373 g/mol. The normalized spacial score (nSPS) is 13.8. The summed E-state index contributed by atoms with van der Waals surface area (Å²) in [5.41, 5.74) is 0.408. The lowest BCUT2D eigenvalue weighted by molar-refractivity contribution is -0.128. The molecule has 0 aromatic heterocycles. The Morgan fingerprint density at radius 3 is 2.19 bits per heavy atom. The Hall–Kier alpha value is -2.70. The van der Waals surface area contributed by atoms with Gasteiger partial charge in [0.2, 0.25) is 5.91 Å². The summed E-state index contributed by atoms with van der Waals surface area (Å²) in [6.45, 7) is 10.2. The molecule has 0 bridgehead atoms. The van der Waals surface area contributed by atoms with Crippen molar-refractivity contribution in [3.05, 3.63) is 34.9 Å². The number of carbonyl (C=O) groups is 4. The summed E-state index contributed by atoms with van der Waals surface area (Å²) in [6, 6.07) is 4.51. The SMILES string of the molecule is CC(C)CN1C(=O)c2ccc(C(=O)NCCNC(=O)C(C)(C)C)cc2C1=O. The molecular formula is C20H27N3O4. The Kier molecular flexibility index (Phi) is 6.03. The van der Waals surface area contributed by atoms with Crippen LogP contribution in [0.4, 0.5) is 0 Å². The van der Waals surface area contributed by atoms with Crippen molar-refractivity contribution >= 4 is 23.6 Å². The molecule has 1 aliphatic heterocycles. The van der Waals surface area contributed by atoms with Crippen molar-refractivity contribution in [2.75, 3.05) is 19.6 Å². The van der Waals surface area contributed by atoms with Gasteiger partial charge in [0.25, 0.3) is 17.7 Å². The van der Waals surface area contributed by atoms with Crippen molar-refractivity contribution in [3.63, 3.8) is 0 Å². The van der Waals surface area contributed by atoms with E-state index in [-0.39, 0.29) is 41.7 Å². The zero-order chi connectivity index (χ0) is 20.4. The topological polar surface area (TPSA) is 95.6 Å². The number of benzene rings is 1. The van der Waals surface area contributed by atoms with Gasteiger partial charge in [0.15, 0.2) is 0 Å². The minimum Gasteiger partial charge on any atom is -0.354 e. The van der Waals surface area contributed by atoms with E-state index in [0.29, 0.717) is 24.2 Å². The maximum atomic E-state index is 12.5. The molecule has 0 fully saturated rings. The van der Waals surface area contributed by atoms with Crippen molar-refractivity contribution in [3.8, 4) is 0 Å². The summed E-state index contributed by atoms with van der Waals surface area (Å²) in [5, 5.41) is 5.45. The van der Waals surface area contributed by atoms with E-state index in [0.717, 1.165) is 0 Å². The van der Waals surface area contributed by atoms with Crippen LogP contribution in [0.25, 0.3) is 0 Å². The Morgan fingerprint density at radius 2 is 1.59 bits per heavy atom. The third-order valence-corrected chi connectivity index (χ3v) is 4.16. The Labute approximate surface area is 159 Å². The van der Waals surface area contributed by atoms with E-state index in [4.69, 9.17) is 0 Å². The molecule has 0 saturated carbocycles. The van der Waals surface area contributed by atoms with E-state index in [2.05, 4.69) is 10.6 Å². The van der Waals surface area contributed by atoms with E-state index in [1.54, 1.807) is 0 Å². The van der Waals surface area contributed by atoms with Gasteiger partial charge in [-0.2, -0.15) is 0 Å². The number of hydrogen-bond acceptors (Lipinski definition) is 4. The molecule has 1 heterocycles. The lowest BCUT2D eigenvalue weighted by Crippen LogP contribution is -2.39. The third-order valence-electron chi connectivity index (χ3n) is 4.16. The number of hydrogen-bond donors (Lipinski definition) is 2. The van der Waals surface area contributed by atoms with Crippen LogP contribution in [0.2, 0.25) is 0 Å². The molecule has 1 aromatic rings. The standard InChI is InChI=1S/C20H27N3O4/c1-12(2)11-23-17(25)14-7-6-13(10-15(14)18(23)26)16(24)21-8-9-22-19(27)20(3,4)5/h6-7,10,12H,8-9,11H2,1-5H3,(H,21,24)(H,22,27). The van der Waals surface area contributed by atoms with E-state index >= 15 is 0 Å². The van der Waals surface area contributed by atoms with Crippen LogP contribution in [-0.4, -0.2) is 48.2 Å². The lowest BCUT2D eigenvalue weighted by Gasteiger charge is -2.17. The number of fused-ring (bicyclic) bond motifs is 1. The lowest BCUT2D eigenvalue weighted by atomic mass is 9.96. The van der Waals surface area contributed by atoms with Crippen LogP contribution in [-0.2, 0) is 4.79 Å². The number of rotatable bonds is 6. The van der Waals surface area contributed by atoms with E-state index < -0.39 is 5.41 Å². The van der Waals surface area contributed by atoms with Crippen molar-refractivity contribution in [2.45, 2.75) is 34.6 Å². The highest BCUT2D eigenvalue weighted by Gasteiger charge is 2.36. The van der Waals surface area contributed by atoms with Crippen molar-refractivity contribution in [2.24, 2.45) is 11.3 Å². The minimum absolute atomic E-state index is 0.0939. The molecule has 7 nitrogen and oxygen atoms in total. The van der Waals surface area contributed by atoms with Crippen LogP contribution < -0.4 is 10.6 Å². The summed E-state index contributed by atoms with van der Waals surface area (Å²) in [7, 11) is 0. The highest BCUT2D eigenvalue weighted by Crippen LogP contribution is 2.24. The van der Waals surface area contributed by atoms with Gasteiger partial charge in [0.05, 0.1) is 11.1 Å². The fourth-order valence-corrected chi connectivity index (χ4v) is 2.68. The summed E-state index contributed by atoms with van der Waals surface area (Å²) >= 11 is 0. The van der Waals surface area contributed by atoms with Crippen LogP contribution in [0.3, 0.4) is 0 Å². The maximum absolute atomic E-state index is 12.5. The molecule has 0 saturated heterocycles. The molecule has 2 rings (SSSR count). The molecule has 0 aliphatic carbocycles. The van der Waals surface area contributed by atoms with E-state index in [9.17, 15) is 19.2 Å². The van der Waals surface area contributed by atoms with Gasteiger partial charge in [-0.25, -0.2) is 0 Å². The van der Waals surface area contributed by atoms with Gasteiger partial charge in [-0.1, -0.05) is 34.6 Å². The van der Waals surface area contributed by atoms with Crippen molar-refractivity contribution in [1.29, 1.82) is 0 Å². The van der Waals surface area contributed by atoms with E-state index in [1.807, 2.05) is 34.6 Å². The van der Waals surface area contributed by atoms with Crippen LogP contribution in [0.15, 0.2) is 18.2 Å². The smallest absolute Gasteiger partial charge is 0.261 e. The Balaban J connectivity index is 1.99. The molecule has 27 heavy (non-hydrogen) atoms. The molecule has 2 N–H and O–H groups in total. The fraction of sp³-hybridized carbons (Fsp3) is 0.500. The molecule has 4 amide bonds. The predicted molar refractivity (Wildman–Crippen MR) is 101 cm³/mol. The third kappa shape index (κ3) is 4.72. The van der Waals surface area contributed by atoms with E-state index in [1.165, 1.54) is 23.1 Å². The number of amides is 4. The number of carbonyl (C=O) groups excluding carboxylic acids is 4. The molecule has 0 atom stereocenters. The first kappa shape index (κ1) is 20.6. The second-order valence-electron chi connectivity index (χ2n) is 8.14. The van der Waals surface area contributed by atoms with Crippen LogP contribution in [0, 0.1) is 11.3 Å². The highest BCUT2D eigenvalue weighted by molar-refractivity contribution is 6.22. The van der Waals surface area contributed by atoms with Gasteiger partial charge in [-0.3, -0.25) is 24.1 Å². The molecule has 7 heteroatoms. The van der Waals surface area contributed by atoms with Crippen molar-refractivity contribution in [1.82, 2.24) is 15.5 Å². The number of imide groups is 1. The molecule has 146 valence electrons. The maximum Gasteiger partial charge on any atom is 0.261 e. The average Bonchev–Trinajstić information content (AvgIpc) is 2.81. The summed E-state index contributed by atoms with van der Waals surface area (Å²) in [5.74, 6) is -0.969. The summed E-state index contributed by atoms with van der Waals surface area (Å²) < 4.78 is 0. The zero-order valence-electron chi connectivity index (χ0n) is 16.5. The minimum atomic E-state index is -0.487. The van der Waals surface area contributed by atoms with Crippen molar-refractivity contribution < 1.29 is 19.2 Å². The van der Waals surface area contributed by atoms with Gasteiger partial charge in [0, 0.05) is 30.6 Å². The van der Waals surface area contributed by atoms with Gasteiger partial charge in [-0.15, -0.1) is 0 Å². The molecule has 0 radical (unpaired) electrons. The van der Waals surface area contributed by atoms with Crippen LogP contribution in [0.1, 0.15) is 65.7 Å². The number of nitrogens with zero attached hydrogens (tertiary/aromatic N) is 1. The zero-order valence-corrected chi connectivity index (χ0v) is 16.5. The molecule has 1 aliphatic rings. The Bertz CT molecular complexity index is 778. The van der Waals surface area contributed by atoms with Gasteiger partial charge < -0.3 is 10.6 Å².